The number of benzene rings is 2. The molecule has 0 radical (unpaired) electrons. The lowest BCUT2D eigenvalue weighted by Crippen LogP contribution is -2.35. The fraction of sp³-hybridized carbons (Fsp3) is 0.238. The molecule has 2 heterocycles. The van der Waals surface area contributed by atoms with Crippen molar-refractivity contribution in [1.29, 1.82) is 0 Å². The van der Waals surface area contributed by atoms with Crippen molar-refractivity contribution in [2.24, 2.45) is 0 Å². The fourth-order valence-electron chi connectivity index (χ4n) is 3.36. The molecule has 0 N–H and O–H groups in total. The number of para-hydroxylation sites is 2. The van der Waals surface area contributed by atoms with Crippen molar-refractivity contribution in [3.05, 3.63) is 73.1 Å². The van der Waals surface area contributed by atoms with Gasteiger partial charge < -0.3 is 9.47 Å². The summed E-state index contributed by atoms with van der Waals surface area (Å²) in [6.45, 7) is 3.94. The third-order valence-corrected chi connectivity index (χ3v) is 5.24. The minimum atomic E-state index is -0.339. The standard InChI is InChI=1S/C21H22N6O/c1-15(17-8-10-18(11-9-17)27-13-22-12-24-27)25(3)21(28)16(2)26-14-23-19-6-4-5-7-20(19)26/h4-16H,1-3H3. The predicted octanol–water partition coefficient (Wildman–Crippen LogP) is 3.40. The van der Waals surface area contributed by atoms with Gasteiger partial charge in [0.25, 0.3) is 0 Å². The zero-order valence-corrected chi connectivity index (χ0v) is 16.1. The number of likely N-dealkylation sites (N-methyl/N-ethyl adjacent to an activating group) is 1. The maximum absolute atomic E-state index is 13.1. The summed E-state index contributed by atoms with van der Waals surface area (Å²) in [6.07, 6.45) is 4.90. The normalized spacial score (nSPS) is 13.4. The molecule has 0 saturated carbocycles. The van der Waals surface area contributed by atoms with E-state index in [2.05, 4.69) is 15.1 Å². The van der Waals surface area contributed by atoms with Gasteiger partial charge in [-0.25, -0.2) is 14.6 Å². The number of hydrogen-bond donors (Lipinski definition) is 0. The lowest BCUT2D eigenvalue weighted by Gasteiger charge is -2.28. The van der Waals surface area contributed by atoms with Crippen LogP contribution in [0.1, 0.15) is 31.5 Å². The van der Waals surface area contributed by atoms with Crippen LogP contribution < -0.4 is 0 Å². The van der Waals surface area contributed by atoms with Crippen LogP contribution in [-0.4, -0.2) is 42.2 Å². The second-order valence-corrected chi connectivity index (χ2v) is 6.87. The largest absolute Gasteiger partial charge is 0.337 e. The first-order chi connectivity index (χ1) is 13.6. The Morgan fingerprint density at radius 2 is 1.79 bits per heavy atom. The third kappa shape index (κ3) is 3.15. The highest BCUT2D eigenvalue weighted by atomic mass is 16.2. The second kappa shape index (κ2) is 7.26. The van der Waals surface area contributed by atoms with Crippen LogP contribution in [0.4, 0.5) is 0 Å². The molecule has 0 aliphatic rings. The smallest absolute Gasteiger partial charge is 0.245 e. The SMILES string of the molecule is CC(c1ccc(-n2cncn2)cc1)N(C)C(=O)C(C)n1cnc2ccccc21. The summed E-state index contributed by atoms with van der Waals surface area (Å²) in [5.74, 6) is 0.0380. The molecule has 4 rings (SSSR count). The van der Waals surface area contributed by atoms with Crippen LogP contribution in [0.15, 0.2) is 67.5 Å². The summed E-state index contributed by atoms with van der Waals surface area (Å²) in [4.78, 5) is 23.3. The monoisotopic (exact) mass is 374 g/mol. The first-order valence-electron chi connectivity index (χ1n) is 9.19. The number of carbonyl (C=O) groups excluding carboxylic acids is 1. The van der Waals surface area contributed by atoms with Crippen molar-refractivity contribution in [2.45, 2.75) is 25.9 Å². The Balaban J connectivity index is 1.52. The number of hydrogen-bond acceptors (Lipinski definition) is 4. The molecule has 2 aromatic carbocycles. The van der Waals surface area contributed by atoms with Gasteiger partial charge >= 0.3 is 0 Å². The molecule has 1 amide bonds. The van der Waals surface area contributed by atoms with Gasteiger partial charge in [-0.05, 0) is 43.7 Å². The Hall–Kier alpha value is -3.48. The van der Waals surface area contributed by atoms with Crippen molar-refractivity contribution in [3.63, 3.8) is 0 Å². The van der Waals surface area contributed by atoms with Crippen LogP contribution in [-0.2, 0) is 4.79 Å². The summed E-state index contributed by atoms with van der Waals surface area (Å²) in [5.41, 5.74) is 3.84. The lowest BCUT2D eigenvalue weighted by molar-refractivity contribution is -0.134. The molecular formula is C21H22N6O. The van der Waals surface area contributed by atoms with Crippen LogP contribution in [0.3, 0.4) is 0 Å². The minimum absolute atomic E-state index is 0.0380. The van der Waals surface area contributed by atoms with Crippen LogP contribution in [0.2, 0.25) is 0 Å². The first-order valence-corrected chi connectivity index (χ1v) is 9.19. The maximum Gasteiger partial charge on any atom is 0.245 e. The number of imidazole rings is 1. The molecule has 7 heteroatoms. The topological polar surface area (TPSA) is 68.8 Å². The van der Waals surface area contributed by atoms with Crippen LogP contribution in [0.5, 0.6) is 0 Å². The van der Waals surface area contributed by atoms with E-state index in [1.807, 2.05) is 74.0 Å². The summed E-state index contributed by atoms with van der Waals surface area (Å²) < 4.78 is 3.63. The molecule has 2 atom stereocenters. The summed E-state index contributed by atoms with van der Waals surface area (Å²) in [7, 11) is 1.84. The third-order valence-electron chi connectivity index (χ3n) is 5.24. The average molecular weight is 374 g/mol. The van der Waals surface area contributed by atoms with Gasteiger partial charge in [-0.15, -0.1) is 0 Å². The van der Waals surface area contributed by atoms with Crippen molar-refractivity contribution in [3.8, 4) is 5.69 Å². The van der Waals surface area contributed by atoms with Crippen LogP contribution in [0, 0.1) is 0 Å². The fourth-order valence-corrected chi connectivity index (χ4v) is 3.36. The number of aromatic nitrogens is 5. The molecule has 142 valence electrons. The van der Waals surface area contributed by atoms with Crippen LogP contribution >= 0.6 is 0 Å². The van der Waals surface area contributed by atoms with Crippen molar-refractivity contribution < 1.29 is 4.79 Å². The Bertz CT molecular complexity index is 1080. The number of fused-ring (bicyclic) bond motifs is 1. The van der Waals surface area contributed by atoms with E-state index < -0.39 is 0 Å². The van der Waals surface area contributed by atoms with E-state index in [-0.39, 0.29) is 18.0 Å². The number of nitrogens with zero attached hydrogens (tertiary/aromatic N) is 6. The Kier molecular flexibility index (Phi) is 4.65. The molecule has 0 spiro atoms. The van der Waals surface area contributed by atoms with Gasteiger partial charge in [0.1, 0.15) is 18.7 Å². The molecule has 0 aliphatic carbocycles. The lowest BCUT2D eigenvalue weighted by atomic mass is 10.1. The maximum atomic E-state index is 13.1. The zero-order chi connectivity index (χ0) is 19.7. The Morgan fingerprint density at radius 3 is 2.50 bits per heavy atom. The second-order valence-electron chi connectivity index (χ2n) is 6.87. The molecule has 0 bridgehead atoms. The summed E-state index contributed by atoms with van der Waals surface area (Å²) in [6, 6.07) is 15.4. The van der Waals surface area contributed by atoms with Gasteiger partial charge in [-0.1, -0.05) is 24.3 Å². The van der Waals surface area contributed by atoms with Gasteiger partial charge in [-0.2, -0.15) is 5.10 Å². The zero-order valence-electron chi connectivity index (χ0n) is 16.1. The first kappa shape index (κ1) is 17.9. The number of amides is 1. The Morgan fingerprint density at radius 1 is 1.04 bits per heavy atom. The molecule has 0 aliphatic heterocycles. The molecule has 0 saturated heterocycles. The molecule has 2 aromatic heterocycles. The number of carbonyl (C=O) groups is 1. The van der Waals surface area contributed by atoms with E-state index in [4.69, 9.17) is 0 Å². The van der Waals surface area contributed by atoms with Gasteiger partial charge in [-0.3, -0.25) is 4.79 Å². The van der Waals surface area contributed by atoms with E-state index in [9.17, 15) is 4.79 Å². The quantitative estimate of drug-likeness (QED) is 0.537. The summed E-state index contributed by atoms with van der Waals surface area (Å²) in [5, 5.41) is 4.13. The average Bonchev–Trinajstić information content (AvgIpc) is 3.42. The van der Waals surface area contributed by atoms with Crippen molar-refractivity contribution in [2.75, 3.05) is 7.05 Å². The van der Waals surface area contributed by atoms with E-state index in [0.717, 1.165) is 22.3 Å². The number of rotatable bonds is 5. The Labute approximate surface area is 163 Å². The molecule has 2 unspecified atom stereocenters. The van der Waals surface area contributed by atoms with Gasteiger partial charge in [0, 0.05) is 7.05 Å². The highest BCUT2D eigenvalue weighted by molar-refractivity contribution is 5.83. The molecule has 0 fully saturated rings. The van der Waals surface area contributed by atoms with Crippen molar-refractivity contribution >= 4 is 16.9 Å². The van der Waals surface area contributed by atoms with E-state index in [1.54, 1.807) is 22.2 Å². The van der Waals surface area contributed by atoms with E-state index >= 15 is 0 Å². The van der Waals surface area contributed by atoms with Gasteiger partial charge in [0.15, 0.2) is 0 Å². The predicted molar refractivity (Wildman–Crippen MR) is 107 cm³/mol. The van der Waals surface area contributed by atoms with Gasteiger partial charge in [0.2, 0.25) is 5.91 Å². The van der Waals surface area contributed by atoms with E-state index in [0.29, 0.717) is 0 Å². The molecule has 4 aromatic rings. The van der Waals surface area contributed by atoms with Crippen molar-refractivity contribution in [1.82, 2.24) is 29.2 Å². The molecule has 7 nitrogen and oxygen atoms in total. The van der Waals surface area contributed by atoms with E-state index in [1.165, 1.54) is 6.33 Å². The van der Waals surface area contributed by atoms with Crippen LogP contribution in [0.25, 0.3) is 16.7 Å². The molecule has 28 heavy (non-hydrogen) atoms. The molecular weight excluding hydrogens is 352 g/mol. The minimum Gasteiger partial charge on any atom is -0.337 e. The highest BCUT2D eigenvalue weighted by Crippen LogP contribution is 2.25. The summed E-state index contributed by atoms with van der Waals surface area (Å²) >= 11 is 0. The highest BCUT2D eigenvalue weighted by Gasteiger charge is 2.24. The van der Waals surface area contributed by atoms with Gasteiger partial charge in [0.05, 0.1) is 29.1 Å².